The van der Waals surface area contributed by atoms with Gasteiger partial charge in [-0.05, 0) is 81.4 Å². The summed E-state index contributed by atoms with van der Waals surface area (Å²) < 4.78 is 14.4. The molecule has 1 aromatic carbocycles. The smallest absolute Gasteiger partial charge is 0.306 e. The van der Waals surface area contributed by atoms with E-state index in [9.17, 15) is 4.79 Å². The molecule has 4 aliphatic carbocycles. The normalized spacial score (nSPS) is 28.2. The van der Waals surface area contributed by atoms with Crippen LogP contribution in [0.2, 0.25) is 0 Å². The molecule has 192 valence electrons. The number of hydrogen-bond donors (Lipinski definition) is 1. The fraction of sp³-hybridized carbons (Fsp3) is 0.500. The molecule has 0 saturated heterocycles. The number of nitrogens with zero attached hydrogens (tertiary/aromatic N) is 4. The Morgan fingerprint density at radius 1 is 1.19 bits per heavy atom. The summed E-state index contributed by atoms with van der Waals surface area (Å²) in [5.41, 5.74) is 1.50. The molecule has 3 heterocycles. The average Bonchev–Trinajstić information content (AvgIpc) is 3.51. The maximum absolute atomic E-state index is 13.7. The van der Waals surface area contributed by atoms with Crippen molar-refractivity contribution in [2.24, 2.45) is 11.8 Å². The summed E-state index contributed by atoms with van der Waals surface area (Å²) in [6, 6.07) is 8.07. The molecule has 4 saturated carbocycles. The van der Waals surface area contributed by atoms with Gasteiger partial charge in [0.25, 0.3) is 10.8 Å². The SMILES string of the molecule is CCCn1c(Oc2cccc(C)c2)nc2nc(C34CC5CC(CC(Oc6nccs6)(C5)C3)C4)[nH]c2c1=O. The largest absolute Gasteiger partial charge is 0.463 e. The van der Waals surface area contributed by atoms with Crippen LogP contribution in [0.1, 0.15) is 63.3 Å². The van der Waals surface area contributed by atoms with E-state index in [1.165, 1.54) is 6.42 Å². The van der Waals surface area contributed by atoms with Gasteiger partial charge in [-0.3, -0.25) is 9.36 Å². The maximum atomic E-state index is 13.7. The Morgan fingerprint density at radius 2 is 2.03 bits per heavy atom. The van der Waals surface area contributed by atoms with Crippen molar-refractivity contribution in [1.29, 1.82) is 0 Å². The van der Waals surface area contributed by atoms with Crippen molar-refractivity contribution in [3.63, 3.8) is 0 Å². The first kappa shape index (κ1) is 23.0. The second kappa shape index (κ2) is 8.41. The number of thiazole rings is 1. The molecule has 2 unspecified atom stereocenters. The van der Waals surface area contributed by atoms with Gasteiger partial charge in [0.15, 0.2) is 11.2 Å². The third kappa shape index (κ3) is 3.86. The Morgan fingerprint density at radius 3 is 2.76 bits per heavy atom. The van der Waals surface area contributed by atoms with E-state index in [0.29, 0.717) is 35.3 Å². The minimum absolute atomic E-state index is 0.133. The highest BCUT2D eigenvalue weighted by molar-refractivity contribution is 7.11. The van der Waals surface area contributed by atoms with Crippen LogP contribution in [-0.4, -0.2) is 30.1 Å². The van der Waals surface area contributed by atoms with Gasteiger partial charge < -0.3 is 14.5 Å². The van der Waals surface area contributed by atoms with Gasteiger partial charge in [0.1, 0.15) is 17.2 Å². The highest BCUT2D eigenvalue weighted by Crippen LogP contribution is 2.63. The standard InChI is InChI=1S/C28H31N5O3S/c1-3-8-33-23(34)21-22(32-25(33)35-20-6-4-5-17(2)10-20)31-24(30-21)27-12-18-11-19(13-27)15-28(14-18,16-27)36-26-29-7-9-37-26/h4-7,9-10,18-19H,3,8,11-16H2,1-2H3,(H,30,31). The van der Waals surface area contributed by atoms with Crippen molar-refractivity contribution in [1.82, 2.24) is 24.5 Å². The number of fused-ring (bicyclic) bond motifs is 1. The second-order valence-corrected chi connectivity index (χ2v) is 12.2. The number of rotatable bonds is 7. The lowest BCUT2D eigenvalue weighted by molar-refractivity contribution is -0.123. The number of nitrogens with one attached hydrogen (secondary N) is 1. The van der Waals surface area contributed by atoms with Crippen LogP contribution >= 0.6 is 11.3 Å². The number of aromatic nitrogens is 5. The van der Waals surface area contributed by atoms with E-state index in [0.717, 1.165) is 55.1 Å². The van der Waals surface area contributed by atoms with Gasteiger partial charge in [-0.1, -0.05) is 30.4 Å². The first-order chi connectivity index (χ1) is 17.9. The molecule has 4 fully saturated rings. The number of imidazole rings is 1. The molecule has 0 amide bonds. The van der Waals surface area contributed by atoms with Crippen molar-refractivity contribution in [3.8, 4) is 17.0 Å². The zero-order valence-corrected chi connectivity index (χ0v) is 22.0. The van der Waals surface area contributed by atoms with E-state index in [1.54, 1.807) is 22.1 Å². The van der Waals surface area contributed by atoms with E-state index in [-0.39, 0.29) is 22.6 Å². The molecule has 8 rings (SSSR count). The zero-order valence-electron chi connectivity index (χ0n) is 21.2. The van der Waals surface area contributed by atoms with Crippen molar-refractivity contribution in [2.75, 3.05) is 0 Å². The Balaban J connectivity index is 1.29. The minimum Gasteiger partial charge on any atom is -0.463 e. The molecule has 4 aromatic rings. The third-order valence-corrected chi connectivity index (χ3v) is 9.09. The van der Waals surface area contributed by atoms with Gasteiger partial charge in [-0.2, -0.15) is 4.98 Å². The first-order valence-electron chi connectivity index (χ1n) is 13.3. The summed E-state index contributed by atoms with van der Waals surface area (Å²) in [6.45, 7) is 4.58. The molecule has 2 atom stereocenters. The van der Waals surface area contributed by atoms with Crippen LogP contribution in [0.25, 0.3) is 11.2 Å². The molecule has 8 nitrogen and oxygen atoms in total. The zero-order chi connectivity index (χ0) is 25.2. The van der Waals surface area contributed by atoms with E-state index >= 15 is 0 Å². The van der Waals surface area contributed by atoms with Gasteiger partial charge >= 0.3 is 6.01 Å². The number of aryl methyl sites for hydroxylation is 1. The van der Waals surface area contributed by atoms with Crippen LogP contribution in [-0.2, 0) is 12.0 Å². The lowest BCUT2D eigenvalue weighted by Crippen LogP contribution is -2.60. The van der Waals surface area contributed by atoms with Gasteiger partial charge in [0.05, 0.1) is 0 Å². The molecule has 3 aromatic heterocycles. The molecule has 4 bridgehead atoms. The fourth-order valence-corrected chi connectivity index (χ4v) is 8.11. The third-order valence-electron chi connectivity index (χ3n) is 8.45. The Bertz CT molecular complexity index is 1510. The predicted molar refractivity (Wildman–Crippen MR) is 142 cm³/mol. The van der Waals surface area contributed by atoms with Crippen LogP contribution in [0.5, 0.6) is 17.0 Å². The van der Waals surface area contributed by atoms with Crippen molar-refractivity contribution in [2.45, 2.75) is 76.4 Å². The summed E-state index contributed by atoms with van der Waals surface area (Å²) in [4.78, 5) is 31.3. The lowest BCUT2D eigenvalue weighted by Gasteiger charge is -2.60. The number of benzene rings is 1. The average molecular weight is 518 g/mol. The Kier molecular flexibility index (Phi) is 5.22. The number of aromatic amines is 1. The fourth-order valence-electron chi connectivity index (χ4n) is 7.52. The maximum Gasteiger partial charge on any atom is 0.306 e. The Labute approximate surface area is 219 Å². The van der Waals surface area contributed by atoms with Crippen LogP contribution < -0.4 is 15.0 Å². The predicted octanol–water partition coefficient (Wildman–Crippen LogP) is 5.76. The molecule has 37 heavy (non-hydrogen) atoms. The van der Waals surface area contributed by atoms with Crippen LogP contribution in [0.4, 0.5) is 0 Å². The quantitative estimate of drug-likeness (QED) is 0.335. The van der Waals surface area contributed by atoms with E-state index in [1.807, 2.05) is 43.5 Å². The number of ether oxygens (including phenoxy) is 2. The molecule has 1 N–H and O–H groups in total. The van der Waals surface area contributed by atoms with Crippen molar-refractivity contribution < 1.29 is 9.47 Å². The summed E-state index contributed by atoms with van der Waals surface area (Å²) in [7, 11) is 0. The molecule has 0 spiro atoms. The van der Waals surface area contributed by atoms with Gasteiger partial charge in [0, 0.05) is 23.5 Å². The van der Waals surface area contributed by atoms with Gasteiger partial charge in [0.2, 0.25) is 0 Å². The molecule has 0 aliphatic heterocycles. The van der Waals surface area contributed by atoms with Gasteiger partial charge in [-0.15, -0.1) is 0 Å². The molecule has 0 radical (unpaired) electrons. The summed E-state index contributed by atoms with van der Waals surface area (Å²) in [6.07, 6.45) is 9.02. The minimum atomic E-state index is -0.212. The highest BCUT2D eigenvalue weighted by atomic mass is 32.1. The highest BCUT2D eigenvalue weighted by Gasteiger charge is 2.61. The summed E-state index contributed by atoms with van der Waals surface area (Å²) >= 11 is 1.56. The van der Waals surface area contributed by atoms with Crippen LogP contribution in [0.3, 0.4) is 0 Å². The van der Waals surface area contributed by atoms with Crippen LogP contribution in [0.15, 0.2) is 40.6 Å². The van der Waals surface area contributed by atoms with Crippen molar-refractivity contribution >= 4 is 22.5 Å². The van der Waals surface area contributed by atoms with E-state index in [4.69, 9.17) is 19.4 Å². The first-order valence-corrected chi connectivity index (χ1v) is 14.2. The number of hydrogen-bond acceptors (Lipinski definition) is 7. The molecular formula is C28H31N5O3S. The monoisotopic (exact) mass is 517 g/mol. The Hall–Kier alpha value is -3.20. The summed E-state index contributed by atoms with van der Waals surface area (Å²) in [5, 5.41) is 2.72. The second-order valence-electron chi connectivity index (χ2n) is 11.4. The molecule has 9 heteroatoms. The van der Waals surface area contributed by atoms with Gasteiger partial charge in [-0.25, -0.2) is 9.97 Å². The van der Waals surface area contributed by atoms with Crippen LogP contribution in [0, 0.1) is 18.8 Å². The van der Waals surface area contributed by atoms with E-state index < -0.39 is 0 Å². The van der Waals surface area contributed by atoms with Crippen molar-refractivity contribution in [3.05, 3.63) is 57.6 Å². The van der Waals surface area contributed by atoms with E-state index in [2.05, 4.69) is 9.97 Å². The summed E-state index contributed by atoms with van der Waals surface area (Å²) in [5.74, 6) is 2.73. The topological polar surface area (TPSA) is 94.9 Å². The molecule has 4 aliphatic rings. The molecular weight excluding hydrogens is 486 g/mol. The lowest BCUT2D eigenvalue weighted by atomic mass is 9.47. The number of H-pyrrole nitrogens is 1.